The van der Waals surface area contributed by atoms with Crippen molar-refractivity contribution in [3.63, 3.8) is 0 Å². The molecule has 3 rings (SSSR count). The van der Waals surface area contributed by atoms with Crippen molar-refractivity contribution < 1.29 is 21.6 Å². The molecular formula is C19H14F3NO2S. The summed E-state index contributed by atoms with van der Waals surface area (Å²) in [7, 11) is -3.93. The van der Waals surface area contributed by atoms with Crippen molar-refractivity contribution in [1.82, 2.24) is 4.72 Å². The van der Waals surface area contributed by atoms with E-state index < -0.39 is 34.0 Å². The van der Waals surface area contributed by atoms with E-state index in [-0.39, 0.29) is 10.5 Å². The third-order valence-electron chi connectivity index (χ3n) is 3.84. The Labute approximate surface area is 149 Å². The summed E-state index contributed by atoms with van der Waals surface area (Å²) in [6, 6.07) is 17.3. The van der Waals surface area contributed by atoms with Crippen LogP contribution in [0.2, 0.25) is 0 Å². The number of nitrogens with one attached hydrogen (secondary N) is 1. The molecule has 134 valence electrons. The summed E-state index contributed by atoms with van der Waals surface area (Å²) < 4.78 is 66.6. The van der Waals surface area contributed by atoms with Gasteiger partial charge in [-0.25, -0.2) is 26.3 Å². The lowest BCUT2D eigenvalue weighted by atomic mass is 10.1. The first-order valence-corrected chi connectivity index (χ1v) is 9.14. The minimum absolute atomic E-state index is 0.0137. The Morgan fingerprint density at radius 2 is 1.35 bits per heavy atom. The van der Waals surface area contributed by atoms with Gasteiger partial charge in [0.05, 0.1) is 4.90 Å². The molecule has 1 N–H and O–H groups in total. The maximum Gasteiger partial charge on any atom is 0.240 e. The number of sulfonamides is 1. The summed E-state index contributed by atoms with van der Waals surface area (Å²) in [6.07, 6.45) is 0. The Balaban J connectivity index is 1.77. The first-order chi connectivity index (χ1) is 12.4. The smallest absolute Gasteiger partial charge is 0.207 e. The monoisotopic (exact) mass is 377 g/mol. The highest BCUT2D eigenvalue weighted by atomic mass is 32.2. The van der Waals surface area contributed by atoms with Crippen LogP contribution in [0.15, 0.2) is 71.6 Å². The van der Waals surface area contributed by atoms with Gasteiger partial charge < -0.3 is 0 Å². The molecule has 0 bridgehead atoms. The molecule has 0 unspecified atom stereocenters. The average molecular weight is 377 g/mol. The zero-order valence-corrected chi connectivity index (χ0v) is 14.2. The van der Waals surface area contributed by atoms with Crippen LogP contribution >= 0.6 is 0 Å². The van der Waals surface area contributed by atoms with Gasteiger partial charge in [-0.1, -0.05) is 48.5 Å². The lowest BCUT2D eigenvalue weighted by Gasteiger charge is -2.09. The van der Waals surface area contributed by atoms with Gasteiger partial charge in [0.2, 0.25) is 10.0 Å². The van der Waals surface area contributed by atoms with Gasteiger partial charge in [-0.2, -0.15) is 0 Å². The third-order valence-corrected chi connectivity index (χ3v) is 5.26. The molecule has 3 aromatic carbocycles. The van der Waals surface area contributed by atoms with Gasteiger partial charge in [0, 0.05) is 12.1 Å². The maximum absolute atomic E-state index is 13.6. The topological polar surface area (TPSA) is 46.2 Å². The van der Waals surface area contributed by atoms with Crippen molar-refractivity contribution in [3.8, 4) is 11.1 Å². The summed E-state index contributed by atoms with van der Waals surface area (Å²) in [6.45, 7) is -0.494. The lowest BCUT2D eigenvalue weighted by molar-refractivity contribution is 0.440. The number of hydrogen-bond donors (Lipinski definition) is 1. The van der Waals surface area contributed by atoms with E-state index in [0.717, 1.165) is 23.3 Å². The molecule has 26 heavy (non-hydrogen) atoms. The predicted octanol–water partition coefficient (Wildman–Crippen LogP) is 4.25. The Bertz CT molecular complexity index is 1020. The summed E-state index contributed by atoms with van der Waals surface area (Å²) in [4.78, 5) is -0.0137. The van der Waals surface area contributed by atoms with Gasteiger partial charge in [-0.15, -0.1) is 0 Å². The van der Waals surface area contributed by atoms with E-state index in [9.17, 15) is 21.6 Å². The van der Waals surface area contributed by atoms with E-state index in [1.165, 1.54) is 12.1 Å². The SMILES string of the molecule is O=S(=O)(NCc1ccc(F)c(F)c1F)c1ccc(-c2ccccc2)cc1. The van der Waals surface area contributed by atoms with Crippen molar-refractivity contribution in [1.29, 1.82) is 0 Å². The summed E-state index contributed by atoms with van der Waals surface area (Å²) in [5.41, 5.74) is 1.50. The molecule has 0 saturated heterocycles. The van der Waals surface area contributed by atoms with Crippen molar-refractivity contribution in [2.24, 2.45) is 0 Å². The van der Waals surface area contributed by atoms with E-state index >= 15 is 0 Å². The molecule has 3 nitrogen and oxygen atoms in total. The second-order valence-corrected chi connectivity index (χ2v) is 7.32. The van der Waals surface area contributed by atoms with E-state index in [4.69, 9.17) is 0 Å². The van der Waals surface area contributed by atoms with Gasteiger partial charge in [0.15, 0.2) is 17.5 Å². The van der Waals surface area contributed by atoms with Crippen LogP contribution in [0.5, 0.6) is 0 Å². The molecule has 3 aromatic rings. The fourth-order valence-electron chi connectivity index (χ4n) is 2.42. The van der Waals surface area contributed by atoms with Gasteiger partial charge in [0.25, 0.3) is 0 Å². The number of halogens is 3. The van der Waals surface area contributed by atoms with Crippen LogP contribution < -0.4 is 4.72 Å². The second-order valence-electron chi connectivity index (χ2n) is 5.55. The fraction of sp³-hybridized carbons (Fsp3) is 0.0526. The number of hydrogen-bond acceptors (Lipinski definition) is 2. The molecule has 0 saturated carbocycles. The van der Waals surface area contributed by atoms with Crippen LogP contribution in [0.4, 0.5) is 13.2 Å². The molecule has 0 aliphatic rings. The molecule has 0 radical (unpaired) electrons. The van der Waals surface area contributed by atoms with Crippen molar-refractivity contribution >= 4 is 10.0 Å². The average Bonchev–Trinajstić information content (AvgIpc) is 2.66. The van der Waals surface area contributed by atoms with Crippen molar-refractivity contribution in [2.75, 3.05) is 0 Å². The van der Waals surface area contributed by atoms with Crippen LogP contribution in [0.1, 0.15) is 5.56 Å². The largest absolute Gasteiger partial charge is 0.240 e. The molecule has 0 spiro atoms. The van der Waals surface area contributed by atoms with Crippen molar-refractivity contribution in [2.45, 2.75) is 11.4 Å². The number of benzene rings is 3. The lowest BCUT2D eigenvalue weighted by Crippen LogP contribution is -2.24. The molecule has 0 aliphatic heterocycles. The first kappa shape index (κ1) is 18.2. The molecule has 0 amide bonds. The third kappa shape index (κ3) is 3.79. The normalized spacial score (nSPS) is 11.5. The molecule has 0 fully saturated rings. The van der Waals surface area contributed by atoms with Gasteiger partial charge in [-0.3, -0.25) is 0 Å². The minimum atomic E-state index is -3.93. The minimum Gasteiger partial charge on any atom is -0.207 e. The zero-order chi connectivity index (χ0) is 18.7. The van der Waals surface area contributed by atoms with Crippen LogP contribution in [0, 0.1) is 17.5 Å². The first-order valence-electron chi connectivity index (χ1n) is 7.66. The Morgan fingerprint density at radius 3 is 2.00 bits per heavy atom. The molecule has 0 atom stereocenters. The quantitative estimate of drug-likeness (QED) is 0.676. The standard InChI is InChI=1S/C19H14F3NO2S/c20-17-11-8-15(18(21)19(17)22)12-23-26(24,25)16-9-6-14(7-10-16)13-4-2-1-3-5-13/h1-11,23H,12H2. The van der Waals surface area contributed by atoms with Crippen molar-refractivity contribution in [3.05, 3.63) is 89.7 Å². The summed E-state index contributed by atoms with van der Waals surface area (Å²) in [5, 5.41) is 0. The Kier molecular flexibility index (Phi) is 5.11. The Hall–Kier alpha value is -2.64. The van der Waals surface area contributed by atoms with Crippen LogP contribution in [-0.4, -0.2) is 8.42 Å². The maximum atomic E-state index is 13.6. The van der Waals surface area contributed by atoms with E-state index in [0.29, 0.717) is 0 Å². The molecule has 7 heteroatoms. The van der Waals surface area contributed by atoms with Gasteiger partial charge >= 0.3 is 0 Å². The zero-order valence-electron chi connectivity index (χ0n) is 13.4. The fourth-order valence-corrected chi connectivity index (χ4v) is 3.42. The highest BCUT2D eigenvalue weighted by molar-refractivity contribution is 7.89. The molecule has 0 aliphatic carbocycles. The highest BCUT2D eigenvalue weighted by Crippen LogP contribution is 2.21. The number of rotatable bonds is 5. The summed E-state index contributed by atoms with van der Waals surface area (Å²) >= 11 is 0. The van der Waals surface area contributed by atoms with Crippen LogP contribution in [0.25, 0.3) is 11.1 Å². The van der Waals surface area contributed by atoms with Crippen LogP contribution in [-0.2, 0) is 16.6 Å². The highest BCUT2D eigenvalue weighted by Gasteiger charge is 2.17. The van der Waals surface area contributed by atoms with Gasteiger partial charge in [0.1, 0.15) is 0 Å². The van der Waals surface area contributed by atoms with E-state index in [1.54, 1.807) is 12.1 Å². The van der Waals surface area contributed by atoms with Crippen LogP contribution in [0.3, 0.4) is 0 Å². The molecular weight excluding hydrogens is 363 g/mol. The second kappa shape index (κ2) is 7.31. The predicted molar refractivity (Wildman–Crippen MR) is 92.2 cm³/mol. The van der Waals surface area contributed by atoms with E-state index in [2.05, 4.69) is 4.72 Å². The Morgan fingerprint density at radius 1 is 0.731 bits per heavy atom. The summed E-state index contributed by atoms with van der Waals surface area (Å²) in [5.74, 6) is -4.37. The van der Waals surface area contributed by atoms with E-state index in [1.807, 2.05) is 30.3 Å². The van der Waals surface area contributed by atoms with Gasteiger partial charge in [-0.05, 0) is 29.3 Å². The molecule has 0 aromatic heterocycles. The molecule has 0 heterocycles.